The highest BCUT2D eigenvalue weighted by Crippen LogP contribution is 2.49. The molecule has 4 aromatic rings. The Morgan fingerprint density at radius 1 is 1.00 bits per heavy atom. The molecular formula is C28H30N8O2S. The van der Waals surface area contributed by atoms with Crippen LogP contribution in [0.3, 0.4) is 0 Å². The van der Waals surface area contributed by atoms with Crippen molar-refractivity contribution in [3.8, 4) is 11.4 Å². The van der Waals surface area contributed by atoms with Gasteiger partial charge in [-0.05, 0) is 57.6 Å². The summed E-state index contributed by atoms with van der Waals surface area (Å²) in [5.74, 6) is 2.23. The first-order valence-electron chi connectivity index (χ1n) is 13.7. The van der Waals surface area contributed by atoms with Crippen LogP contribution in [0.5, 0.6) is 0 Å². The SMILES string of the molecule is CCS(=O)c1ccc(CNc2nc3cnc(-c4c(C5CC5)ncnc4C4CC4)nc3n(C3(C)CC3)c2=O)nc1. The lowest BCUT2D eigenvalue weighted by molar-refractivity contribution is 0.527. The lowest BCUT2D eigenvalue weighted by Gasteiger charge is -2.18. The van der Waals surface area contributed by atoms with E-state index in [-0.39, 0.29) is 16.9 Å². The van der Waals surface area contributed by atoms with Crippen LogP contribution in [-0.4, -0.2) is 44.4 Å². The normalized spacial score (nSPS) is 18.7. The Hall–Kier alpha value is -3.60. The largest absolute Gasteiger partial charge is 0.360 e. The molecule has 4 aromatic heterocycles. The molecular weight excluding hydrogens is 512 g/mol. The van der Waals surface area contributed by atoms with Crippen molar-refractivity contribution in [2.24, 2.45) is 0 Å². The second-order valence-corrected chi connectivity index (χ2v) is 12.8. The summed E-state index contributed by atoms with van der Waals surface area (Å²) < 4.78 is 13.8. The summed E-state index contributed by atoms with van der Waals surface area (Å²) in [5.41, 5.74) is 4.34. The van der Waals surface area contributed by atoms with E-state index in [4.69, 9.17) is 9.97 Å². The first kappa shape index (κ1) is 24.4. The van der Waals surface area contributed by atoms with E-state index < -0.39 is 10.8 Å². The van der Waals surface area contributed by atoms with Gasteiger partial charge in [-0.1, -0.05) is 6.92 Å². The maximum absolute atomic E-state index is 13.8. The molecule has 11 heteroatoms. The van der Waals surface area contributed by atoms with E-state index in [1.54, 1.807) is 23.3 Å². The number of hydrogen-bond acceptors (Lipinski definition) is 9. The zero-order valence-electron chi connectivity index (χ0n) is 22.1. The monoisotopic (exact) mass is 542 g/mol. The molecule has 1 N–H and O–H groups in total. The fourth-order valence-electron chi connectivity index (χ4n) is 5.09. The number of rotatable bonds is 9. The predicted octanol–water partition coefficient (Wildman–Crippen LogP) is 4.04. The van der Waals surface area contributed by atoms with Crippen molar-refractivity contribution < 1.29 is 4.21 Å². The first-order chi connectivity index (χ1) is 18.9. The van der Waals surface area contributed by atoms with E-state index in [0.717, 1.165) is 61.2 Å². The van der Waals surface area contributed by atoms with Crippen molar-refractivity contribution in [2.75, 3.05) is 11.1 Å². The Balaban J connectivity index is 1.28. The number of nitrogens with zero attached hydrogens (tertiary/aromatic N) is 7. The van der Waals surface area contributed by atoms with Gasteiger partial charge in [-0.25, -0.2) is 24.9 Å². The fourth-order valence-corrected chi connectivity index (χ4v) is 5.81. The third-order valence-electron chi connectivity index (χ3n) is 7.93. The first-order valence-corrected chi connectivity index (χ1v) is 15.0. The molecule has 0 radical (unpaired) electrons. The fraction of sp³-hybridized carbons (Fsp3) is 0.464. The van der Waals surface area contributed by atoms with Crippen LogP contribution in [0.15, 0.2) is 40.5 Å². The Bertz CT molecular complexity index is 1640. The van der Waals surface area contributed by atoms with Crippen LogP contribution >= 0.6 is 0 Å². The van der Waals surface area contributed by atoms with Gasteiger partial charge in [-0.15, -0.1) is 0 Å². The average molecular weight is 543 g/mol. The smallest absolute Gasteiger partial charge is 0.295 e. The van der Waals surface area contributed by atoms with Crippen LogP contribution in [0.1, 0.15) is 81.3 Å². The summed E-state index contributed by atoms with van der Waals surface area (Å²) in [6.07, 6.45) is 11.3. The molecule has 3 saturated carbocycles. The molecule has 4 heterocycles. The molecule has 3 fully saturated rings. The average Bonchev–Trinajstić information content (AvgIpc) is 3.80. The molecule has 0 aromatic carbocycles. The number of nitrogens with one attached hydrogen (secondary N) is 1. The van der Waals surface area contributed by atoms with Gasteiger partial charge in [-0.2, -0.15) is 0 Å². The van der Waals surface area contributed by atoms with Crippen molar-refractivity contribution in [3.63, 3.8) is 0 Å². The molecule has 1 atom stereocenters. The Labute approximate surface area is 228 Å². The van der Waals surface area contributed by atoms with Crippen molar-refractivity contribution >= 4 is 27.8 Å². The minimum Gasteiger partial charge on any atom is -0.360 e. The third-order valence-corrected chi connectivity index (χ3v) is 9.22. The Morgan fingerprint density at radius 3 is 2.31 bits per heavy atom. The van der Waals surface area contributed by atoms with Crippen LogP contribution in [0.4, 0.5) is 5.82 Å². The number of pyridine rings is 1. The molecule has 1 unspecified atom stereocenters. The molecule has 39 heavy (non-hydrogen) atoms. The van der Waals surface area contributed by atoms with Crippen LogP contribution in [-0.2, 0) is 22.9 Å². The van der Waals surface area contributed by atoms with E-state index in [1.165, 1.54) is 0 Å². The standard InChI is InChI=1S/C28H30N8O2S/c1-3-39(38)19-9-8-18(29-13-19)12-30-25-27(37)36(28(2)10-11-28)26-20(34-25)14-31-24(35-26)21-22(16-4-5-16)32-15-33-23(21)17-6-7-17/h8-9,13-17H,3-7,10-12H2,1-2H3,(H,30,34). The second-order valence-electron chi connectivity index (χ2n) is 11.0. The van der Waals surface area contributed by atoms with E-state index in [2.05, 4.69) is 32.2 Å². The molecule has 3 aliphatic rings. The summed E-state index contributed by atoms with van der Waals surface area (Å²) in [6, 6.07) is 3.64. The molecule has 0 aliphatic heterocycles. The number of aromatic nitrogens is 7. The third kappa shape index (κ3) is 4.52. The van der Waals surface area contributed by atoms with E-state index in [9.17, 15) is 9.00 Å². The van der Waals surface area contributed by atoms with Crippen molar-refractivity contribution in [1.29, 1.82) is 0 Å². The summed E-state index contributed by atoms with van der Waals surface area (Å²) in [4.78, 5) is 42.6. The molecule has 200 valence electrons. The molecule has 3 aliphatic carbocycles. The van der Waals surface area contributed by atoms with Gasteiger partial charge in [0.1, 0.15) is 11.8 Å². The highest BCUT2D eigenvalue weighted by molar-refractivity contribution is 7.85. The number of hydrogen-bond donors (Lipinski definition) is 1. The lowest BCUT2D eigenvalue weighted by Crippen LogP contribution is -2.32. The lowest BCUT2D eigenvalue weighted by atomic mass is 10.0. The summed E-state index contributed by atoms with van der Waals surface area (Å²) >= 11 is 0. The molecule has 0 saturated heterocycles. The summed E-state index contributed by atoms with van der Waals surface area (Å²) in [7, 11) is -1.05. The highest BCUT2D eigenvalue weighted by Gasteiger charge is 2.42. The summed E-state index contributed by atoms with van der Waals surface area (Å²) in [5, 5.41) is 3.18. The molecule has 7 rings (SSSR count). The van der Waals surface area contributed by atoms with Crippen molar-refractivity contribution in [3.05, 3.63) is 58.3 Å². The van der Waals surface area contributed by atoms with Crippen LogP contribution in [0, 0.1) is 0 Å². The van der Waals surface area contributed by atoms with Crippen LogP contribution in [0.2, 0.25) is 0 Å². The number of fused-ring (bicyclic) bond motifs is 1. The Morgan fingerprint density at radius 2 is 1.72 bits per heavy atom. The summed E-state index contributed by atoms with van der Waals surface area (Å²) in [6.45, 7) is 4.28. The maximum Gasteiger partial charge on any atom is 0.295 e. The van der Waals surface area contributed by atoms with Gasteiger partial charge in [0.25, 0.3) is 5.56 Å². The molecule has 0 amide bonds. The van der Waals surface area contributed by atoms with Gasteiger partial charge in [0.2, 0.25) is 0 Å². The molecule has 0 spiro atoms. The van der Waals surface area contributed by atoms with Gasteiger partial charge in [-0.3, -0.25) is 18.6 Å². The zero-order chi connectivity index (χ0) is 26.7. The topological polar surface area (TPSA) is 128 Å². The van der Waals surface area contributed by atoms with Gasteiger partial charge in [0, 0.05) is 29.3 Å². The van der Waals surface area contributed by atoms with E-state index >= 15 is 0 Å². The molecule has 0 bridgehead atoms. The van der Waals surface area contributed by atoms with E-state index in [1.807, 2.05) is 19.1 Å². The van der Waals surface area contributed by atoms with Crippen molar-refractivity contribution in [2.45, 2.75) is 81.2 Å². The Kier molecular flexibility index (Phi) is 5.80. The predicted molar refractivity (Wildman–Crippen MR) is 148 cm³/mol. The van der Waals surface area contributed by atoms with Crippen molar-refractivity contribution in [1.82, 2.24) is 34.5 Å². The van der Waals surface area contributed by atoms with Gasteiger partial charge in [0.15, 0.2) is 17.3 Å². The molecule has 10 nitrogen and oxygen atoms in total. The minimum atomic E-state index is -1.05. The highest BCUT2D eigenvalue weighted by atomic mass is 32.2. The second kappa shape index (κ2) is 9.25. The van der Waals surface area contributed by atoms with E-state index in [0.29, 0.717) is 46.0 Å². The van der Waals surface area contributed by atoms with Gasteiger partial charge in [0.05, 0.1) is 51.1 Å². The zero-order valence-corrected chi connectivity index (χ0v) is 22.9. The van der Waals surface area contributed by atoms with Gasteiger partial charge < -0.3 is 5.32 Å². The van der Waals surface area contributed by atoms with Gasteiger partial charge >= 0.3 is 0 Å². The number of anilines is 1. The minimum absolute atomic E-state index is 0.204. The maximum atomic E-state index is 13.8. The van der Waals surface area contributed by atoms with Crippen LogP contribution < -0.4 is 10.9 Å². The van der Waals surface area contributed by atoms with Crippen LogP contribution in [0.25, 0.3) is 22.6 Å². The quantitative estimate of drug-likeness (QED) is 0.333.